The first-order chi connectivity index (χ1) is 12.7. The summed E-state index contributed by atoms with van der Waals surface area (Å²) in [5.41, 5.74) is 4.70. The quantitative estimate of drug-likeness (QED) is 0.694. The minimum atomic E-state index is -0.425. The first-order valence-corrected chi connectivity index (χ1v) is 8.84. The van der Waals surface area contributed by atoms with Crippen LogP contribution in [-0.4, -0.2) is 54.3 Å². The number of hydrogen-bond donors (Lipinski definition) is 0. The van der Waals surface area contributed by atoms with E-state index in [9.17, 15) is 9.59 Å². The lowest BCUT2D eigenvalue weighted by atomic mass is 10.1. The van der Waals surface area contributed by atoms with Gasteiger partial charge in [-0.05, 0) is 31.5 Å². The molecule has 1 aromatic heterocycles. The van der Waals surface area contributed by atoms with Gasteiger partial charge in [0.25, 0.3) is 5.91 Å². The van der Waals surface area contributed by atoms with Crippen LogP contribution in [0.4, 0.5) is 5.69 Å². The van der Waals surface area contributed by atoms with Gasteiger partial charge < -0.3 is 14.5 Å². The standard InChI is InChI=1S/C20H28N4O3/c1-14-18(15(2)24(6)21-14)11-20(26)27-13-19(25)23(5)12-16-7-9-17(10-8-16)22(3)4/h7-10H,11-13H2,1-6H3. The Labute approximate surface area is 160 Å². The molecule has 1 amide bonds. The van der Waals surface area contributed by atoms with Crippen LogP contribution in [0.2, 0.25) is 0 Å². The first kappa shape index (κ1) is 20.5. The Hall–Kier alpha value is -2.83. The number of nitrogens with zero attached hydrogens (tertiary/aromatic N) is 4. The molecule has 0 aliphatic carbocycles. The molecule has 7 nitrogen and oxygen atoms in total. The average Bonchev–Trinajstić information content (AvgIpc) is 2.86. The van der Waals surface area contributed by atoms with E-state index in [4.69, 9.17) is 4.74 Å². The molecule has 0 N–H and O–H groups in total. The van der Waals surface area contributed by atoms with E-state index in [1.54, 1.807) is 16.6 Å². The number of amides is 1. The highest BCUT2D eigenvalue weighted by Gasteiger charge is 2.17. The van der Waals surface area contributed by atoms with Crippen molar-refractivity contribution in [3.05, 3.63) is 46.8 Å². The van der Waals surface area contributed by atoms with Crippen molar-refractivity contribution < 1.29 is 14.3 Å². The molecule has 0 spiro atoms. The number of rotatable bonds is 7. The minimum Gasteiger partial charge on any atom is -0.455 e. The van der Waals surface area contributed by atoms with Gasteiger partial charge in [-0.3, -0.25) is 14.3 Å². The number of esters is 1. The van der Waals surface area contributed by atoms with Gasteiger partial charge in [-0.25, -0.2) is 0 Å². The van der Waals surface area contributed by atoms with Crippen molar-refractivity contribution in [2.24, 2.45) is 7.05 Å². The Bertz CT molecular complexity index is 809. The molecule has 0 aliphatic rings. The summed E-state index contributed by atoms with van der Waals surface area (Å²) < 4.78 is 6.90. The number of aromatic nitrogens is 2. The molecule has 0 saturated heterocycles. The summed E-state index contributed by atoms with van der Waals surface area (Å²) in [6, 6.07) is 7.98. The van der Waals surface area contributed by atoms with Crippen molar-refractivity contribution in [1.82, 2.24) is 14.7 Å². The van der Waals surface area contributed by atoms with E-state index in [-0.39, 0.29) is 18.9 Å². The maximum absolute atomic E-state index is 12.2. The highest BCUT2D eigenvalue weighted by molar-refractivity contribution is 5.81. The van der Waals surface area contributed by atoms with E-state index in [0.29, 0.717) is 6.54 Å². The monoisotopic (exact) mass is 372 g/mol. The van der Waals surface area contributed by atoms with Gasteiger partial charge in [0.05, 0.1) is 12.1 Å². The van der Waals surface area contributed by atoms with Crippen molar-refractivity contribution in [2.75, 3.05) is 32.6 Å². The van der Waals surface area contributed by atoms with Crippen molar-refractivity contribution in [3.63, 3.8) is 0 Å². The third-order valence-corrected chi connectivity index (χ3v) is 4.63. The fraction of sp³-hybridized carbons (Fsp3) is 0.450. The van der Waals surface area contributed by atoms with Crippen molar-refractivity contribution in [2.45, 2.75) is 26.8 Å². The Morgan fingerprint density at radius 1 is 1.11 bits per heavy atom. The summed E-state index contributed by atoms with van der Waals surface area (Å²) in [6.07, 6.45) is 0.120. The number of hydrogen-bond acceptors (Lipinski definition) is 5. The summed E-state index contributed by atoms with van der Waals surface area (Å²) in [6.45, 7) is 3.97. The molecule has 0 saturated carbocycles. The summed E-state index contributed by atoms with van der Waals surface area (Å²) in [5, 5.41) is 4.28. The molecule has 0 fully saturated rings. The largest absolute Gasteiger partial charge is 0.455 e. The molecule has 146 valence electrons. The van der Waals surface area contributed by atoms with Crippen molar-refractivity contribution in [1.29, 1.82) is 0 Å². The Morgan fingerprint density at radius 3 is 2.26 bits per heavy atom. The molecule has 0 atom stereocenters. The topological polar surface area (TPSA) is 67.7 Å². The van der Waals surface area contributed by atoms with E-state index in [0.717, 1.165) is 28.2 Å². The Morgan fingerprint density at radius 2 is 1.74 bits per heavy atom. The molecule has 7 heteroatoms. The van der Waals surface area contributed by atoms with Gasteiger partial charge in [0, 0.05) is 51.7 Å². The van der Waals surface area contributed by atoms with Gasteiger partial charge in [0.2, 0.25) is 0 Å². The van der Waals surface area contributed by atoms with Crippen LogP contribution >= 0.6 is 0 Å². The smallest absolute Gasteiger partial charge is 0.310 e. The normalized spacial score (nSPS) is 10.6. The lowest BCUT2D eigenvalue weighted by Crippen LogP contribution is -2.31. The van der Waals surface area contributed by atoms with Gasteiger partial charge in [-0.2, -0.15) is 5.10 Å². The number of ether oxygens (including phenoxy) is 1. The van der Waals surface area contributed by atoms with Gasteiger partial charge in [0.1, 0.15) is 0 Å². The van der Waals surface area contributed by atoms with Crippen molar-refractivity contribution in [3.8, 4) is 0 Å². The molecule has 0 radical (unpaired) electrons. The second-order valence-electron chi connectivity index (χ2n) is 6.92. The lowest BCUT2D eigenvalue weighted by Gasteiger charge is -2.18. The van der Waals surface area contributed by atoms with Crippen LogP contribution in [0.25, 0.3) is 0 Å². The predicted octanol–water partition coefficient (Wildman–Crippen LogP) is 1.85. The molecule has 1 heterocycles. The predicted molar refractivity (Wildman–Crippen MR) is 105 cm³/mol. The fourth-order valence-corrected chi connectivity index (χ4v) is 2.78. The van der Waals surface area contributed by atoms with Crippen LogP contribution < -0.4 is 4.90 Å². The second kappa shape index (κ2) is 8.70. The molecule has 0 aliphatic heterocycles. The average molecular weight is 372 g/mol. The van der Waals surface area contributed by atoms with Gasteiger partial charge >= 0.3 is 5.97 Å². The molecular formula is C20H28N4O3. The number of aryl methyl sites for hydroxylation is 2. The van der Waals surface area contributed by atoms with Crippen LogP contribution in [0, 0.1) is 13.8 Å². The summed E-state index contributed by atoms with van der Waals surface area (Å²) in [5.74, 6) is -0.661. The van der Waals surface area contributed by atoms with E-state index < -0.39 is 5.97 Å². The number of likely N-dealkylation sites (N-methyl/N-ethyl adjacent to an activating group) is 1. The highest BCUT2D eigenvalue weighted by atomic mass is 16.5. The van der Waals surface area contributed by atoms with E-state index >= 15 is 0 Å². The zero-order valence-corrected chi connectivity index (χ0v) is 16.9. The van der Waals surface area contributed by atoms with E-state index in [2.05, 4.69) is 5.10 Å². The zero-order chi connectivity index (χ0) is 20.1. The third kappa shape index (κ3) is 5.32. The summed E-state index contributed by atoms with van der Waals surface area (Å²) in [4.78, 5) is 27.9. The highest BCUT2D eigenvalue weighted by Crippen LogP contribution is 2.14. The summed E-state index contributed by atoms with van der Waals surface area (Å²) in [7, 11) is 7.49. The second-order valence-corrected chi connectivity index (χ2v) is 6.92. The zero-order valence-electron chi connectivity index (χ0n) is 16.9. The third-order valence-electron chi connectivity index (χ3n) is 4.63. The Kier molecular flexibility index (Phi) is 6.60. The van der Waals surface area contributed by atoms with E-state index in [1.807, 2.05) is 64.2 Å². The van der Waals surface area contributed by atoms with Crippen molar-refractivity contribution >= 4 is 17.6 Å². The number of carbonyl (C=O) groups excluding carboxylic acids is 2. The van der Waals surface area contributed by atoms with Crippen LogP contribution in [0.1, 0.15) is 22.5 Å². The molecule has 27 heavy (non-hydrogen) atoms. The SMILES string of the molecule is Cc1nn(C)c(C)c1CC(=O)OCC(=O)N(C)Cc1ccc(N(C)C)cc1. The first-order valence-electron chi connectivity index (χ1n) is 8.84. The molecule has 0 unspecified atom stereocenters. The van der Waals surface area contributed by atoms with Crippen LogP contribution in [0.3, 0.4) is 0 Å². The summed E-state index contributed by atoms with van der Waals surface area (Å²) >= 11 is 0. The number of benzene rings is 1. The van der Waals surface area contributed by atoms with Crippen LogP contribution in [0.5, 0.6) is 0 Å². The van der Waals surface area contributed by atoms with Crippen LogP contribution in [-0.2, 0) is 34.3 Å². The molecule has 2 aromatic rings. The lowest BCUT2D eigenvalue weighted by molar-refractivity contribution is -0.151. The van der Waals surface area contributed by atoms with Gasteiger partial charge in [-0.15, -0.1) is 0 Å². The maximum atomic E-state index is 12.2. The molecule has 0 bridgehead atoms. The fourth-order valence-electron chi connectivity index (χ4n) is 2.78. The molecule has 1 aromatic carbocycles. The van der Waals surface area contributed by atoms with E-state index in [1.165, 1.54) is 0 Å². The van der Waals surface area contributed by atoms with Gasteiger partial charge in [0.15, 0.2) is 6.61 Å². The minimum absolute atomic E-state index is 0.120. The number of carbonyl (C=O) groups is 2. The van der Waals surface area contributed by atoms with Gasteiger partial charge in [-0.1, -0.05) is 12.1 Å². The molecular weight excluding hydrogens is 344 g/mol. The number of anilines is 1. The van der Waals surface area contributed by atoms with Crippen LogP contribution in [0.15, 0.2) is 24.3 Å². The molecule has 2 rings (SSSR count). The maximum Gasteiger partial charge on any atom is 0.310 e. The Balaban J connectivity index is 1.84.